The molecule has 1 amide bonds. The first-order valence-electron chi connectivity index (χ1n) is 4.70. The van der Waals surface area contributed by atoms with E-state index in [0.29, 0.717) is 12.1 Å². The van der Waals surface area contributed by atoms with Gasteiger partial charge >= 0.3 is 0 Å². The summed E-state index contributed by atoms with van der Waals surface area (Å²) in [5, 5.41) is 2.94. The number of primary amides is 1. The first kappa shape index (κ1) is 12.5. The van der Waals surface area contributed by atoms with Crippen molar-refractivity contribution >= 4 is 21.4 Å². The van der Waals surface area contributed by atoms with Crippen molar-refractivity contribution in [3.05, 3.63) is 29.8 Å². The van der Waals surface area contributed by atoms with Crippen LogP contribution in [0.5, 0.6) is 0 Å². The largest absolute Gasteiger partial charge is 0.384 e. The standard InChI is InChI=1S/C10H14N2O3S/c1-16(14,15)7-6-12-9-4-2-8(3-5-9)10(11)13/h2-5,12H,6-7H2,1H3,(H2,11,13). The van der Waals surface area contributed by atoms with E-state index in [9.17, 15) is 13.2 Å². The Kier molecular flexibility index (Phi) is 3.89. The molecule has 6 heteroatoms. The predicted octanol–water partition coefficient (Wildman–Crippen LogP) is 0.242. The number of sulfone groups is 1. The smallest absolute Gasteiger partial charge is 0.248 e. The summed E-state index contributed by atoms with van der Waals surface area (Å²) in [6, 6.07) is 6.54. The van der Waals surface area contributed by atoms with Crippen LogP contribution in [0.2, 0.25) is 0 Å². The van der Waals surface area contributed by atoms with Crippen LogP contribution < -0.4 is 11.1 Å². The maximum Gasteiger partial charge on any atom is 0.248 e. The molecule has 0 unspecified atom stereocenters. The molecule has 0 bridgehead atoms. The van der Waals surface area contributed by atoms with Crippen molar-refractivity contribution in [2.45, 2.75) is 0 Å². The molecule has 0 saturated carbocycles. The number of nitrogens with one attached hydrogen (secondary N) is 1. The molecular formula is C10H14N2O3S. The van der Waals surface area contributed by atoms with Crippen LogP contribution in [0.3, 0.4) is 0 Å². The molecule has 0 aliphatic carbocycles. The van der Waals surface area contributed by atoms with Crippen LogP contribution in [0, 0.1) is 0 Å². The van der Waals surface area contributed by atoms with Gasteiger partial charge in [0.2, 0.25) is 5.91 Å². The Bertz CT molecular complexity index is 465. The van der Waals surface area contributed by atoms with E-state index in [1.54, 1.807) is 24.3 Å². The molecule has 0 fully saturated rings. The van der Waals surface area contributed by atoms with E-state index in [2.05, 4.69) is 5.32 Å². The molecule has 1 aromatic rings. The minimum absolute atomic E-state index is 0.0740. The summed E-state index contributed by atoms with van der Waals surface area (Å²) in [6.07, 6.45) is 1.19. The van der Waals surface area contributed by atoms with Gasteiger partial charge < -0.3 is 11.1 Å². The lowest BCUT2D eigenvalue weighted by Crippen LogP contribution is -2.14. The van der Waals surface area contributed by atoms with Crippen molar-refractivity contribution in [1.29, 1.82) is 0 Å². The fourth-order valence-corrected chi connectivity index (χ4v) is 1.61. The number of carbonyl (C=O) groups excluding carboxylic acids is 1. The van der Waals surface area contributed by atoms with Crippen molar-refractivity contribution in [2.75, 3.05) is 23.9 Å². The number of amides is 1. The highest BCUT2D eigenvalue weighted by atomic mass is 32.2. The van der Waals surface area contributed by atoms with Crippen molar-refractivity contribution < 1.29 is 13.2 Å². The molecule has 0 heterocycles. The Labute approximate surface area is 94.6 Å². The molecule has 1 aromatic carbocycles. The minimum atomic E-state index is -2.95. The first-order chi connectivity index (χ1) is 7.38. The topological polar surface area (TPSA) is 89.3 Å². The number of hydrogen-bond acceptors (Lipinski definition) is 4. The quantitative estimate of drug-likeness (QED) is 0.774. The third-order valence-corrected chi connectivity index (χ3v) is 2.92. The van der Waals surface area contributed by atoms with Gasteiger partial charge in [0.05, 0.1) is 5.75 Å². The third kappa shape index (κ3) is 4.31. The van der Waals surface area contributed by atoms with Gasteiger partial charge in [0.15, 0.2) is 0 Å². The van der Waals surface area contributed by atoms with Gasteiger partial charge in [-0.2, -0.15) is 0 Å². The van der Waals surface area contributed by atoms with Gasteiger partial charge in [0.25, 0.3) is 0 Å². The normalized spacial score (nSPS) is 11.1. The average Bonchev–Trinajstić information content (AvgIpc) is 2.16. The van der Waals surface area contributed by atoms with Crippen LogP contribution in [0.15, 0.2) is 24.3 Å². The second-order valence-corrected chi connectivity index (χ2v) is 5.76. The highest BCUT2D eigenvalue weighted by molar-refractivity contribution is 7.90. The Balaban J connectivity index is 2.53. The highest BCUT2D eigenvalue weighted by Gasteiger charge is 2.02. The number of benzene rings is 1. The molecule has 16 heavy (non-hydrogen) atoms. The van der Waals surface area contributed by atoms with Gasteiger partial charge in [0, 0.05) is 24.1 Å². The zero-order valence-electron chi connectivity index (χ0n) is 8.93. The molecule has 5 nitrogen and oxygen atoms in total. The second-order valence-electron chi connectivity index (χ2n) is 3.50. The van der Waals surface area contributed by atoms with Crippen LogP contribution in [-0.2, 0) is 9.84 Å². The molecule has 0 aliphatic heterocycles. The number of anilines is 1. The van der Waals surface area contributed by atoms with Gasteiger partial charge in [0.1, 0.15) is 9.84 Å². The SMILES string of the molecule is CS(=O)(=O)CCNc1ccc(C(N)=O)cc1. The molecule has 0 aromatic heterocycles. The number of carbonyl (C=O) groups is 1. The third-order valence-electron chi connectivity index (χ3n) is 1.97. The van der Waals surface area contributed by atoms with Gasteiger partial charge in [-0.15, -0.1) is 0 Å². The van der Waals surface area contributed by atoms with Crippen molar-refractivity contribution in [3.63, 3.8) is 0 Å². The Hall–Kier alpha value is -1.56. The maximum atomic E-state index is 10.9. The lowest BCUT2D eigenvalue weighted by molar-refractivity contribution is 0.100. The van der Waals surface area contributed by atoms with Crippen LogP contribution >= 0.6 is 0 Å². The van der Waals surface area contributed by atoms with E-state index >= 15 is 0 Å². The summed E-state index contributed by atoms with van der Waals surface area (Å²) in [5.41, 5.74) is 6.27. The van der Waals surface area contributed by atoms with Crippen molar-refractivity contribution in [2.24, 2.45) is 5.73 Å². The molecule has 0 atom stereocenters. The lowest BCUT2D eigenvalue weighted by Gasteiger charge is -2.05. The molecule has 0 aliphatic rings. The van der Waals surface area contributed by atoms with E-state index in [4.69, 9.17) is 5.73 Å². The van der Waals surface area contributed by atoms with Gasteiger partial charge in [-0.1, -0.05) is 0 Å². The van der Waals surface area contributed by atoms with Crippen LogP contribution in [0.1, 0.15) is 10.4 Å². The summed E-state index contributed by atoms with van der Waals surface area (Å²) < 4.78 is 21.7. The number of rotatable bonds is 5. The summed E-state index contributed by atoms with van der Waals surface area (Å²) >= 11 is 0. The maximum absolute atomic E-state index is 10.9. The molecule has 1 rings (SSSR count). The van der Waals surface area contributed by atoms with E-state index in [1.807, 2.05) is 0 Å². The minimum Gasteiger partial charge on any atom is -0.384 e. The van der Waals surface area contributed by atoms with Gasteiger partial charge in [-0.25, -0.2) is 8.42 Å². The van der Waals surface area contributed by atoms with E-state index in [-0.39, 0.29) is 5.75 Å². The summed E-state index contributed by atoms with van der Waals surface area (Å²) in [7, 11) is -2.95. The molecule has 0 saturated heterocycles. The number of hydrogen-bond donors (Lipinski definition) is 2. The molecule has 0 spiro atoms. The Morgan fingerprint density at radius 1 is 1.31 bits per heavy atom. The number of nitrogens with two attached hydrogens (primary N) is 1. The summed E-state index contributed by atoms with van der Waals surface area (Å²) in [4.78, 5) is 10.8. The highest BCUT2D eigenvalue weighted by Crippen LogP contribution is 2.08. The van der Waals surface area contributed by atoms with Crippen LogP contribution in [0.4, 0.5) is 5.69 Å². The van der Waals surface area contributed by atoms with Crippen LogP contribution in [0.25, 0.3) is 0 Å². The average molecular weight is 242 g/mol. The van der Waals surface area contributed by atoms with Crippen molar-refractivity contribution in [3.8, 4) is 0 Å². The lowest BCUT2D eigenvalue weighted by atomic mass is 10.2. The summed E-state index contributed by atoms with van der Waals surface area (Å²) in [5.74, 6) is -0.410. The fraction of sp³-hybridized carbons (Fsp3) is 0.300. The first-order valence-corrected chi connectivity index (χ1v) is 6.76. The molecular weight excluding hydrogens is 228 g/mol. The van der Waals surface area contributed by atoms with Crippen LogP contribution in [-0.4, -0.2) is 32.9 Å². The molecule has 3 N–H and O–H groups in total. The van der Waals surface area contributed by atoms with E-state index < -0.39 is 15.7 Å². The summed E-state index contributed by atoms with van der Waals surface area (Å²) in [6.45, 7) is 0.342. The monoisotopic (exact) mass is 242 g/mol. The fourth-order valence-electron chi connectivity index (χ4n) is 1.13. The molecule has 88 valence electrons. The van der Waals surface area contributed by atoms with E-state index in [1.165, 1.54) is 6.26 Å². The van der Waals surface area contributed by atoms with E-state index in [0.717, 1.165) is 5.69 Å². The van der Waals surface area contributed by atoms with Crippen molar-refractivity contribution in [1.82, 2.24) is 0 Å². The predicted molar refractivity (Wildman–Crippen MR) is 63.2 cm³/mol. The zero-order chi connectivity index (χ0) is 12.2. The van der Waals surface area contributed by atoms with Gasteiger partial charge in [-0.3, -0.25) is 4.79 Å². The van der Waals surface area contributed by atoms with Gasteiger partial charge in [-0.05, 0) is 24.3 Å². The Morgan fingerprint density at radius 3 is 2.31 bits per heavy atom. The Morgan fingerprint density at radius 2 is 1.88 bits per heavy atom. The zero-order valence-corrected chi connectivity index (χ0v) is 9.75. The second kappa shape index (κ2) is 4.98. The molecule has 0 radical (unpaired) electrons.